The molecule has 1 N–H and O–H groups in total. The quantitative estimate of drug-likeness (QED) is 0.447. The number of para-hydroxylation sites is 1. The number of aromatic nitrogens is 2. The van der Waals surface area contributed by atoms with Gasteiger partial charge in [0.2, 0.25) is 0 Å². The number of methoxy groups -OCH3 is 1. The van der Waals surface area contributed by atoms with E-state index in [0.717, 1.165) is 16.0 Å². The first-order valence-corrected chi connectivity index (χ1v) is 12.3. The number of benzene rings is 3. The molecule has 0 amide bonds. The van der Waals surface area contributed by atoms with Crippen LogP contribution in [0.15, 0.2) is 65.6 Å². The number of aliphatic carboxylic acids is 1. The summed E-state index contributed by atoms with van der Waals surface area (Å²) in [6.45, 7) is 0. The molecular formula is C22H16ClN3O5S2. The van der Waals surface area contributed by atoms with Crippen LogP contribution in [0.3, 0.4) is 0 Å². The largest absolute Gasteiger partial charge is 0.494 e. The third-order valence-corrected chi connectivity index (χ3v) is 8.36. The monoisotopic (exact) mass is 501 g/mol. The number of halogens is 1. The van der Waals surface area contributed by atoms with E-state index in [1.54, 1.807) is 42.5 Å². The van der Waals surface area contributed by atoms with E-state index in [2.05, 4.69) is 8.75 Å². The van der Waals surface area contributed by atoms with Crippen LogP contribution in [-0.2, 0) is 14.8 Å². The molecule has 1 aliphatic heterocycles. The summed E-state index contributed by atoms with van der Waals surface area (Å²) in [5, 5.41) is 10.5. The number of carboxylic acids is 1. The lowest BCUT2D eigenvalue weighted by Gasteiger charge is -2.41. The van der Waals surface area contributed by atoms with Crippen molar-refractivity contribution in [2.45, 2.75) is 16.9 Å². The third-order valence-electron chi connectivity index (χ3n) is 5.63. The first kappa shape index (κ1) is 21.6. The average Bonchev–Trinajstić information content (AvgIpc) is 3.27. The number of sulfonamides is 1. The van der Waals surface area contributed by atoms with Crippen LogP contribution in [0.2, 0.25) is 5.02 Å². The molecule has 4 aromatic rings. The van der Waals surface area contributed by atoms with Gasteiger partial charge in [-0.25, -0.2) is 17.5 Å². The molecule has 8 nitrogen and oxygen atoms in total. The van der Waals surface area contributed by atoms with Gasteiger partial charge in [-0.2, -0.15) is 8.75 Å². The van der Waals surface area contributed by atoms with Gasteiger partial charge in [0.15, 0.2) is 6.04 Å². The summed E-state index contributed by atoms with van der Waals surface area (Å²) in [6.07, 6.45) is 0. The van der Waals surface area contributed by atoms with Crippen molar-refractivity contribution in [3.63, 3.8) is 0 Å². The number of rotatable bonds is 4. The first-order valence-electron chi connectivity index (χ1n) is 9.75. The highest BCUT2D eigenvalue weighted by atomic mass is 35.5. The van der Waals surface area contributed by atoms with E-state index >= 15 is 0 Å². The zero-order valence-electron chi connectivity index (χ0n) is 17.0. The van der Waals surface area contributed by atoms with E-state index in [1.165, 1.54) is 25.3 Å². The fourth-order valence-electron chi connectivity index (χ4n) is 4.26. The van der Waals surface area contributed by atoms with Gasteiger partial charge in [0.1, 0.15) is 16.8 Å². The summed E-state index contributed by atoms with van der Waals surface area (Å²) in [5.41, 5.74) is 2.09. The number of nitrogens with zero attached hydrogens (tertiary/aromatic N) is 3. The lowest BCUT2D eigenvalue weighted by molar-refractivity contribution is -0.138. The maximum Gasteiger partial charge on any atom is 0.328 e. The highest BCUT2D eigenvalue weighted by Crippen LogP contribution is 2.46. The number of hydrogen-bond donors (Lipinski definition) is 1. The van der Waals surface area contributed by atoms with Gasteiger partial charge in [0, 0.05) is 5.92 Å². The van der Waals surface area contributed by atoms with Gasteiger partial charge in [0.25, 0.3) is 10.0 Å². The van der Waals surface area contributed by atoms with Gasteiger partial charge in [-0.3, -0.25) is 0 Å². The minimum Gasteiger partial charge on any atom is -0.494 e. The Kier molecular flexibility index (Phi) is 5.23. The minimum absolute atomic E-state index is 0.0166. The highest BCUT2D eigenvalue weighted by Gasteiger charge is 2.49. The summed E-state index contributed by atoms with van der Waals surface area (Å²) >= 11 is 7.36. The van der Waals surface area contributed by atoms with E-state index in [-0.39, 0.29) is 15.6 Å². The molecule has 2 unspecified atom stereocenters. The second-order valence-corrected chi connectivity index (χ2v) is 10.1. The van der Waals surface area contributed by atoms with Crippen molar-refractivity contribution < 1.29 is 23.1 Å². The fraction of sp³-hybridized carbons (Fsp3) is 0.136. The number of hydrogen-bond acceptors (Lipinski definition) is 7. The van der Waals surface area contributed by atoms with Crippen LogP contribution in [0.1, 0.15) is 17.0 Å². The molecule has 1 aliphatic rings. The number of fused-ring (bicyclic) bond motifs is 2. The molecule has 2 heterocycles. The maximum absolute atomic E-state index is 13.7. The summed E-state index contributed by atoms with van der Waals surface area (Å²) in [4.78, 5) is 12.7. The Labute approximate surface area is 198 Å². The van der Waals surface area contributed by atoms with Gasteiger partial charge >= 0.3 is 5.97 Å². The summed E-state index contributed by atoms with van der Waals surface area (Å²) in [6, 6.07) is 14.6. The smallest absolute Gasteiger partial charge is 0.328 e. The highest BCUT2D eigenvalue weighted by molar-refractivity contribution is 7.93. The minimum atomic E-state index is -4.23. The number of carbonyl (C=O) groups is 1. The molecule has 0 aliphatic carbocycles. The topological polar surface area (TPSA) is 110 Å². The number of anilines is 1. The molecular weight excluding hydrogens is 486 g/mol. The number of carboxylic acid groups (broad SMARTS) is 1. The van der Waals surface area contributed by atoms with Crippen molar-refractivity contribution >= 4 is 56.0 Å². The molecule has 168 valence electrons. The van der Waals surface area contributed by atoms with Crippen molar-refractivity contribution in [1.82, 2.24) is 8.75 Å². The van der Waals surface area contributed by atoms with Gasteiger partial charge in [-0.1, -0.05) is 41.9 Å². The van der Waals surface area contributed by atoms with Crippen molar-refractivity contribution in [2.24, 2.45) is 0 Å². The second-order valence-electron chi connectivity index (χ2n) is 7.41. The fourth-order valence-corrected chi connectivity index (χ4v) is 6.96. The molecule has 2 atom stereocenters. The summed E-state index contributed by atoms with van der Waals surface area (Å²) in [5.74, 6) is -1.75. The Morgan fingerprint density at radius 2 is 1.85 bits per heavy atom. The van der Waals surface area contributed by atoms with Crippen LogP contribution in [0.4, 0.5) is 5.69 Å². The van der Waals surface area contributed by atoms with Gasteiger partial charge < -0.3 is 9.84 Å². The van der Waals surface area contributed by atoms with Crippen molar-refractivity contribution in [2.75, 3.05) is 11.4 Å². The Balaban J connectivity index is 1.85. The van der Waals surface area contributed by atoms with Crippen LogP contribution in [0.5, 0.6) is 5.75 Å². The SMILES string of the molecule is COc1cc(C2c3ccccc3S(=O)(=O)N(c3ccccc3Cl)C2C(=O)O)cc2nsnc12. The van der Waals surface area contributed by atoms with Crippen molar-refractivity contribution in [3.05, 3.63) is 76.8 Å². The van der Waals surface area contributed by atoms with Gasteiger partial charge in [-0.15, -0.1) is 0 Å². The predicted molar refractivity (Wildman–Crippen MR) is 125 cm³/mol. The van der Waals surface area contributed by atoms with E-state index in [1.807, 2.05) is 0 Å². The lowest BCUT2D eigenvalue weighted by atomic mass is 9.84. The molecule has 0 radical (unpaired) electrons. The predicted octanol–water partition coefficient (Wildman–Crippen LogP) is 4.15. The molecule has 33 heavy (non-hydrogen) atoms. The zero-order valence-corrected chi connectivity index (χ0v) is 19.4. The van der Waals surface area contributed by atoms with Crippen LogP contribution in [-0.4, -0.2) is 41.4 Å². The van der Waals surface area contributed by atoms with Gasteiger partial charge in [-0.05, 0) is 41.5 Å². The van der Waals surface area contributed by atoms with Crippen LogP contribution in [0, 0.1) is 0 Å². The van der Waals surface area contributed by atoms with E-state index in [4.69, 9.17) is 16.3 Å². The molecule has 5 rings (SSSR count). The average molecular weight is 502 g/mol. The van der Waals surface area contributed by atoms with E-state index < -0.39 is 28.0 Å². The molecule has 0 saturated carbocycles. The van der Waals surface area contributed by atoms with Crippen LogP contribution >= 0.6 is 23.3 Å². The lowest BCUT2D eigenvalue weighted by Crippen LogP contribution is -2.52. The molecule has 0 bridgehead atoms. The molecule has 0 fully saturated rings. The van der Waals surface area contributed by atoms with Crippen molar-refractivity contribution in [1.29, 1.82) is 0 Å². The Morgan fingerprint density at radius 1 is 1.12 bits per heavy atom. The Hall–Kier alpha value is -3.21. The number of ether oxygens (including phenoxy) is 1. The maximum atomic E-state index is 13.7. The standard InChI is InChI=1S/C22H16ClN3O5S2/c1-31-17-11-12(10-15-20(17)25-32-24-15)19-13-6-2-5-9-18(13)33(29,30)26(21(19)22(27)28)16-8-4-3-7-14(16)23/h2-11,19,21H,1H3,(H,27,28). The Morgan fingerprint density at radius 3 is 2.58 bits per heavy atom. The molecule has 1 aromatic heterocycles. The van der Waals surface area contributed by atoms with E-state index in [9.17, 15) is 18.3 Å². The Bertz CT molecular complexity index is 1500. The van der Waals surface area contributed by atoms with Crippen LogP contribution < -0.4 is 9.04 Å². The molecule has 3 aromatic carbocycles. The summed E-state index contributed by atoms with van der Waals surface area (Å²) < 4.78 is 42.3. The van der Waals surface area contributed by atoms with Gasteiger partial charge in [0.05, 0.1) is 34.4 Å². The first-order chi connectivity index (χ1) is 15.8. The molecule has 11 heteroatoms. The van der Waals surface area contributed by atoms with E-state index in [0.29, 0.717) is 27.9 Å². The second kappa shape index (κ2) is 7.98. The third kappa shape index (κ3) is 3.33. The summed E-state index contributed by atoms with van der Waals surface area (Å²) in [7, 11) is -2.74. The molecule has 0 saturated heterocycles. The van der Waals surface area contributed by atoms with Crippen molar-refractivity contribution in [3.8, 4) is 5.75 Å². The zero-order chi connectivity index (χ0) is 23.3. The van der Waals surface area contributed by atoms with Crippen LogP contribution in [0.25, 0.3) is 11.0 Å². The normalized spacial score (nSPS) is 19.3. The molecule has 0 spiro atoms.